The van der Waals surface area contributed by atoms with Crippen LogP contribution in [0.25, 0.3) is 0 Å². The lowest BCUT2D eigenvalue weighted by molar-refractivity contribution is -0.385. The highest BCUT2D eigenvalue weighted by Gasteiger charge is 2.25. The number of nitro groups is 1. The molecule has 18 heavy (non-hydrogen) atoms. The summed E-state index contributed by atoms with van der Waals surface area (Å²) in [5.74, 6) is -0.843. The van der Waals surface area contributed by atoms with Crippen LogP contribution in [0, 0.1) is 15.9 Å². The van der Waals surface area contributed by atoms with Crippen LogP contribution in [0.4, 0.5) is 10.1 Å². The molecule has 0 saturated carbocycles. The first-order valence-corrected chi connectivity index (χ1v) is 5.43. The number of nitro benzene ring substituents is 1. The van der Waals surface area contributed by atoms with Crippen molar-refractivity contribution in [1.82, 2.24) is 5.32 Å². The summed E-state index contributed by atoms with van der Waals surface area (Å²) in [5, 5.41) is 13.1. The first-order valence-electron chi connectivity index (χ1n) is 5.43. The minimum Gasteiger partial charge on any atom is -0.355 e. The fourth-order valence-electron chi connectivity index (χ4n) is 1.61. The molecule has 0 radical (unpaired) electrons. The fourth-order valence-corrected chi connectivity index (χ4v) is 1.61. The van der Waals surface area contributed by atoms with Crippen LogP contribution in [-0.4, -0.2) is 17.4 Å². The van der Waals surface area contributed by atoms with Crippen molar-refractivity contribution in [3.63, 3.8) is 0 Å². The number of hydrogen-bond acceptors (Lipinski definition) is 3. The molecule has 0 unspecified atom stereocenters. The van der Waals surface area contributed by atoms with E-state index < -0.39 is 16.2 Å². The van der Waals surface area contributed by atoms with Crippen LogP contribution in [-0.2, 0) is 10.2 Å². The predicted octanol–water partition coefficient (Wildman–Crippen LogP) is 2.15. The van der Waals surface area contributed by atoms with Crippen LogP contribution in [0.2, 0.25) is 0 Å². The summed E-state index contributed by atoms with van der Waals surface area (Å²) >= 11 is 0. The van der Waals surface area contributed by atoms with Crippen molar-refractivity contribution in [2.45, 2.75) is 26.2 Å². The molecule has 0 aliphatic rings. The van der Waals surface area contributed by atoms with Crippen LogP contribution in [0.15, 0.2) is 18.2 Å². The molecule has 98 valence electrons. The average Bonchev–Trinajstić information content (AvgIpc) is 2.26. The van der Waals surface area contributed by atoms with Crippen LogP contribution in [0.1, 0.15) is 26.3 Å². The van der Waals surface area contributed by atoms with Crippen molar-refractivity contribution in [2.24, 2.45) is 0 Å². The second-order valence-electron chi connectivity index (χ2n) is 4.71. The number of rotatable bonds is 4. The zero-order valence-corrected chi connectivity index (χ0v) is 10.5. The molecule has 0 fully saturated rings. The van der Waals surface area contributed by atoms with Gasteiger partial charge in [0.25, 0.3) is 5.69 Å². The minimum absolute atomic E-state index is 0.203. The van der Waals surface area contributed by atoms with E-state index in [0.29, 0.717) is 5.56 Å². The number of hydrogen-bond donors (Lipinski definition) is 1. The SMILES string of the molecule is CC(=O)NCC(C)(C)c1ccc([N+](=O)[O-])cc1F. The normalized spacial score (nSPS) is 11.1. The highest BCUT2D eigenvalue weighted by Crippen LogP contribution is 2.27. The largest absolute Gasteiger partial charge is 0.355 e. The van der Waals surface area contributed by atoms with Crippen molar-refractivity contribution in [3.05, 3.63) is 39.7 Å². The van der Waals surface area contributed by atoms with Crippen molar-refractivity contribution in [1.29, 1.82) is 0 Å². The van der Waals surface area contributed by atoms with Gasteiger partial charge in [-0.3, -0.25) is 14.9 Å². The maximum absolute atomic E-state index is 13.8. The van der Waals surface area contributed by atoms with E-state index in [-0.39, 0.29) is 18.1 Å². The third-order valence-corrected chi connectivity index (χ3v) is 2.67. The summed E-state index contributed by atoms with van der Waals surface area (Å²) in [6.45, 7) is 5.15. The molecule has 0 atom stereocenters. The van der Waals surface area contributed by atoms with Crippen LogP contribution in [0.3, 0.4) is 0 Å². The van der Waals surface area contributed by atoms with Crippen molar-refractivity contribution in [2.75, 3.05) is 6.54 Å². The second-order valence-corrected chi connectivity index (χ2v) is 4.71. The Kier molecular flexibility index (Phi) is 4.00. The molecule has 6 heteroatoms. The van der Waals surface area contributed by atoms with Gasteiger partial charge in [-0.05, 0) is 11.6 Å². The number of benzene rings is 1. The molecule has 1 aromatic rings. The molecule has 5 nitrogen and oxygen atoms in total. The Balaban J connectivity index is 3.01. The summed E-state index contributed by atoms with van der Waals surface area (Å²) in [6.07, 6.45) is 0. The molecule has 1 aromatic carbocycles. The molecule has 0 aromatic heterocycles. The van der Waals surface area contributed by atoms with Gasteiger partial charge in [0.15, 0.2) is 0 Å². The van der Waals surface area contributed by atoms with Gasteiger partial charge in [0, 0.05) is 24.9 Å². The van der Waals surface area contributed by atoms with E-state index in [1.54, 1.807) is 13.8 Å². The maximum Gasteiger partial charge on any atom is 0.272 e. The third kappa shape index (κ3) is 3.26. The zero-order valence-electron chi connectivity index (χ0n) is 10.5. The van der Waals surface area contributed by atoms with Crippen molar-refractivity contribution in [3.8, 4) is 0 Å². The third-order valence-electron chi connectivity index (χ3n) is 2.67. The predicted molar refractivity (Wildman–Crippen MR) is 64.8 cm³/mol. The average molecular weight is 254 g/mol. The van der Waals surface area contributed by atoms with E-state index in [4.69, 9.17) is 0 Å². The summed E-state index contributed by atoms with van der Waals surface area (Å²) in [5.41, 5.74) is -0.585. The standard InChI is InChI=1S/C12H15FN2O3/c1-8(16)14-7-12(2,3)10-5-4-9(15(17)18)6-11(10)13/h4-6H,7H2,1-3H3,(H,14,16). The van der Waals surface area contributed by atoms with Gasteiger partial charge < -0.3 is 5.32 Å². The molecule has 0 aliphatic carbocycles. The summed E-state index contributed by atoms with van der Waals surface area (Å²) in [6, 6.07) is 3.54. The Morgan fingerprint density at radius 3 is 2.56 bits per heavy atom. The van der Waals surface area contributed by atoms with Gasteiger partial charge in [-0.15, -0.1) is 0 Å². The number of nitrogens with zero attached hydrogens (tertiary/aromatic N) is 1. The zero-order chi connectivity index (χ0) is 13.9. The van der Waals surface area contributed by atoms with E-state index in [0.717, 1.165) is 6.07 Å². The molecule has 0 heterocycles. The van der Waals surface area contributed by atoms with Gasteiger partial charge in [-0.2, -0.15) is 0 Å². The number of carbonyl (C=O) groups excluding carboxylic acids is 1. The minimum atomic E-state index is -0.645. The Morgan fingerprint density at radius 1 is 1.50 bits per heavy atom. The monoisotopic (exact) mass is 254 g/mol. The maximum atomic E-state index is 13.8. The number of halogens is 1. The number of carbonyl (C=O) groups is 1. The van der Waals surface area contributed by atoms with Gasteiger partial charge in [0.2, 0.25) is 5.91 Å². The number of amides is 1. The van der Waals surface area contributed by atoms with Gasteiger partial charge in [-0.25, -0.2) is 4.39 Å². The van der Waals surface area contributed by atoms with E-state index in [1.807, 2.05) is 0 Å². The quantitative estimate of drug-likeness (QED) is 0.661. The summed E-state index contributed by atoms with van der Waals surface area (Å²) in [4.78, 5) is 20.7. The Morgan fingerprint density at radius 2 is 2.11 bits per heavy atom. The van der Waals surface area contributed by atoms with E-state index >= 15 is 0 Å². The van der Waals surface area contributed by atoms with Crippen LogP contribution in [0.5, 0.6) is 0 Å². The van der Waals surface area contributed by atoms with Crippen LogP contribution < -0.4 is 5.32 Å². The summed E-state index contributed by atoms with van der Waals surface area (Å²) < 4.78 is 13.8. The molecule has 0 saturated heterocycles. The van der Waals surface area contributed by atoms with E-state index in [1.165, 1.54) is 19.1 Å². The van der Waals surface area contributed by atoms with E-state index in [9.17, 15) is 19.3 Å². The highest BCUT2D eigenvalue weighted by molar-refractivity contribution is 5.72. The van der Waals surface area contributed by atoms with Crippen molar-refractivity contribution >= 4 is 11.6 Å². The second kappa shape index (κ2) is 5.12. The molecule has 1 N–H and O–H groups in total. The highest BCUT2D eigenvalue weighted by atomic mass is 19.1. The van der Waals surface area contributed by atoms with E-state index in [2.05, 4.69) is 5.32 Å². The van der Waals surface area contributed by atoms with Crippen LogP contribution >= 0.6 is 0 Å². The lowest BCUT2D eigenvalue weighted by Gasteiger charge is -2.25. The Bertz CT molecular complexity index is 486. The molecule has 0 bridgehead atoms. The smallest absolute Gasteiger partial charge is 0.272 e. The van der Waals surface area contributed by atoms with Gasteiger partial charge in [0.05, 0.1) is 11.0 Å². The molecular formula is C12H15FN2O3. The molecule has 1 rings (SSSR count). The summed E-state index contributed by atoms with van der Waals surface area (Å²) in [7, 11) is 0. The van der Waals surface area contributed by atoms with Gasteiger partial charge in [0.1, 0.15) is 5.82 Å². The number of nitrogens with one attached hydrogen (secondary N) is 1. The Hall–Kier alpha value is -1.98. The topological polar surface area (TPSA) is 72.2 Å². The van der Waals surface area contributed by atoms with Gasteiger partial charge in [-0.1, -0.05) is 13.8 Å². The number of non-ortho nitro benzene ring substituents is 1. The Labute approximate surface area is 104 Å². The van der Waals surface area contributed by atoms with Crippen molar-refractivity contribution < 1.29 is 14.1 Å². The fraction of sp³-hybridized carbons (Fsp3) is 0.417. The first kappa shape index (κ1) is 14.1. The lowest BCUT2D eigenvalue weighted by Crippen LogP contribution is -2.36. The molecular weight excluding hydrogens is 239 g/mol. The molecule has 1 amide bonds. The molecule has 0 aliphatic heterocycles. The molecule has 0 spiro atoms. The lowest BCUT2D eigenvalue weighted by atomic mass is 9.84. The van der Waals surface area contributed by atoms with Gasteiger partial charge >= 0.3 is 0 Å². The first-order chi connectivity index (χ1) is 8.24.